The van der Waals surface area contributed by atoms with Crippen LogP contribution in [-0.4, -0.2) is 45.2 Å². The van der Waals surface area contributed by atoms with Gasteiger partial charge >= 0.3 is 0 Å². The summed E-state index contributed by atoms with van der Waals surface area (Å²) in [6.45, 7) is 2.69. The molecule has 1 fully saturated rings. The second-order valence-corrected chi connectivity index (χ2v) is 6.55. The Bertz CT molecular complexity index is 916. The number of amides is 1. The van der Waals surface area contributed by atoms with Crippen molar-refractivity contribution in [2.24, 2.45) is 5.92 Å². The Morgan fingerprint density at radius 3 is 3.00 bits per heavy atom. The number of pyridine rings is 1. The molecule has 1 aromatic carbocycles. The molecule has 6 nitrogen and oxygen atoms in total. The van der Waals surface area contributed by atoms with E-state index < -0.39 is 6.10 Å². The summed E-state index contributed by atoms with van der Waals surface area (Å²) in [6.07, 6.45) is 1.72. The molecule has 1 saturated heterocycles. The molecule has 1 aliphatic rings. The van der Waals surface area contributed by atoms with Crippen LogP contribution < -0.4 is 0 Å². The highest BCUT2D eigenvalue weighted by Crippen LogP contribution is 2.25. The number of likely N-dealkylation sites (tertiary alicyclic amines) is 1. The summed E-state index contributed by atoms with van der Waals surface area (Å²) in [5, 5.41) is 15.1. The Morgan fingerprint density at radius 2 is 2.20 bits per heavy atom. The van der Waals surface area contributed by atoms with E-state index >= 15 is 0 Å². The van der Waals surface area contributed by atoms with Crippen LogP contribution in [0.5, 0.6) is 0 Å². The lowest BCUT2D eigenvalue weighted by molar-refractivity contribution is 0.0766. The van der Waals surface area contributed by atoms with Crippen LogP contribution in [0.25, 0.3) is 10.9 Å². The number of aliphatic hydroxyl groups excluding tert-OH is 1. The summed E-state index contributed by atoms with van der Waals surface area (Å²) in [5.41, 5.74) is 2.23. The molecule has 128 valence electrons. The first-order valence-corrected chi connectivity index (χ1v) is 8.35. The van der Waals surface area contributed by atoms with Crippen LogP contribution in [-0.2, 0) is 6.42 Å². The van der Waals surface area contributed by atoms with Gasteiger partial charge < -0.3 is 14.5 Å². The predicted molar refractivity (Wildman–Crippen MR) is 92.1 cm³/mol. The van der Waals surface area contributed by atoms with Gasteiger partial charge in [0.2, 0.25) is 0 Å². The van der Waals surface area contributed by atoms with Gasteiger partial charge in [0.15, 0.2) is 0 Å². The van der Waals surface area contributed by atoms with E-state index in [4.69, 9.17) is 4.52 Å². The largest absolute Gasteiger partial charge is 0.391 e. The average Bonchev–Trinajstić information content (AvgIpc) is 3.20. The molecule has 0 spiro atoms. The molecule has 2 aromatic heterocycles. The maximum Gasteiger partial charge on any atom is 0.254 e. The van der Waals surface area contributed by atoms with Gasteiger partial charge in [0.25, 0.3) is 5.91 Å². The van der Waals surface area contributed by atoms with Gasteiger partial charge in [0, 0.05) is 48.6 Å². The first-order valence-electron chi connectivity index (χ1n) is 8.35. The highest BCUT2D eigenvalue weighted by molar-refractivity contribution is 6.06. The lowest BCUT2D eigenvalue weighted by Crippen LogP contribution is -2.29. The monoisotopic (exact) mass is 337 g/mol. The summed E-state index contributed by atoms with van der Waals surface area (Å²) < 4.78 is 5.24. The smallest absolute Gasteiger partial charge is 0.254 e. The van der Waals surface area contributed by atoms with Gasteiger partial charge in [-0.2, -0.15) is 0 Å². The number of β-amino-alcohol motifs (C(OH)–C–C–N with tert-alkyl or cyclic N) is 1. The van der Waals surface area contributed by atoms with Crippen molar-refractivity contribution in [3.63, 3.8) is 0 Å². The van der Waals surface area contributed by atoms with Crippen LogP contribution in [0.15, 0.2) is 47.1 Å². The molecule has 0 radical (unpaired) electrons. The van der Waals surface area contributed by atoms with Crippen molar-refractivity contribution in [2.75, 3.05) is 13.1 Å². The fourth-order valence-corrected chi connectivity index (χ4v) is 3.45. The summed E-state index contributed by atoms with van der Waals surface area (Å²) >= 11 is 0. The third-order valence-electron chi connectivity index (χ3n) is 4.71. The average molecular weight is 337 g/mol. The van der Waals surface area contributed by atoms with Crippen LogP contribution >= 0.6 is 0 Å². The molecule has 0 aliphatic carbocycles. The number of hydrogen-bond acceptors (Lipinski definition) is 5. The fourth-order valence-electron chi connectivity index (χ4n) is 3.45. The Morgan fingerprint density at radius 1 is 1.32 bits per heavy atom. The van der Waals surface area contributed by atoms with Crippen molar-refractivity contribution in [2.45, 2.75) is 19.4 Å². The lowest BCUT2D eigenvalue weighted by atomic mass is 10.0. The van der Waals surface area contributed by atoms with Crippen LogP contribution in [0.2, 0.25) is 0 Å². The van der Waals surface area contributed by atoms with E-state index in [1.807, 2.05) is 43.3 Å². The van der Waals surface area contributed by atoms with Crippen LogP contribution in [0, 0.1) is 12.8 Å². The number of aliphatic hydroxyl groups is 1. The maximum absolute atomic E-state index is 13.0. The quantitative estimate of drug-likeness (QED) is 0.793. The lowest BCUT2D eigenvalue weighted by Gasteiger charge is -2.17. The summed E-state index contributed by atoms with van der Waals surface area (Å²) in [6, 6.07) is 11.1. The number of aryl methyl sites for hydroxylation is 1. The molecule has 25 heavy (non-hydrogen) atoms. The van der Waals surface area contributed by atoms with Gasteiger partial charge in [-0.3, -0.25) is 9.78 Å². The molecule has 1 N–H and O–H groups in total. The van der Waals surface area contributed by atoms with Crippen molar-refractivity contribution < 1.29 is 14.4 Å². The minimum atomic E-state index is -0.567. The minimum absolute atomic E-state index is 0.0515. The van der Waals surface area contributed by atoms with Crippen molar-refractivity contribution >= 4 is 16.8 Å². The summed E-state index contributed by atoms with van der Waals surface area (Å²) in [5.74, 6) is 0.614. The molecule has 6 heteroatoms. The van der Waals surface area contributed by atoms with E-state index in [0.29, 0.717) is 25.1 Å². The third kappa shape index (κ3) is 3.00. The molecule has 4 rings (SSSR count). The van der Waals surface area contributed by atoms with Crippen molar-refractivity contribution in [3.05, 3.63) is 59.6 Å². The third-order valence-corrected chi connectivity index (χ3v) is 4.71. The molecule has 2 atom stereocenters. The molecular weight excluding hydrogens is 318 g/mol. The van der Waals surface area contributed by atoms with Gasteiger partial charge in [0.1, 0.15) is 5.76 Å². The van der Waals surface area contributed by atoms with E-state index in [1.54, 1.807) is 11.1 Å². The first kappa shape index (κ1) is 15.8. The number of aromatic nitrogens is 2. The van der Waals surface area contributed by atoms with E-state index in [0.717, 1.165) is 22.4 Å². The highest BCUT2D eigenvalue weighted by atomic mass is 16.5. The molecular formula is C19H19N3O3. The Balaban J connectivity index is 1.55. The van der Waals surface area contributed by atoms with Gasteiger partial charge in [-0.15, -0.1) is 0 Å². The Kier molecular flexibility index (Phi) is 3.97. The molecule has 1 amide bonds. The van der Waals surface area contributed by atoms with Gasteiger partial charge in [-0.25, -0.2) is 0 Å². The normalized spacial score (nSPS) is 20.3. The molecule has 0 saturated carbocycles. The fraction of sp³-hybridized carbons (Fsp3) is 0.316. The predicted octanol–water partition coefficient (Wildman–Crippen LogP) is 2.21. The Hall–Kier alpha value is -2.73. The number of hydrogen-bond donors (Lipinski definition) is 1. The number of benzene rings is 1. The van der Waals surface area contributed by atoms with Crippen LogP contribution in [0.1, 0.15) is 21.8 Å². The molecule has 3 heterocycles. The number of carbonyl (C=O) groups is 1. The van der Waals surface area contributed by atoms with Gasteiger partial charge in [0.05, 0.1) is 17.3 Å². The number of carbonyl (C=O) groups excluding carboxylic acids is 1. The van der Waals surface area contributed by atoms with Crippen molar-refractivity contribution in [1.82, 2.24) is 15.0 Å². The zero-order valence-electron chi connectivity index (χ0n) is 13.9. The number of rotatable bonds is 3. The SMILES string of the molecule is Cc1cc(CC2CN(C(=O)c3cccc4ncccc34)CC2O)on1. The molecule has 2 unspecified atom stereocenters. The summed E-state index contributed by atoms with van der Waals surface area (Å²) in [4.78, 5) is 19.0. The zero-order chi connectivity index (χ0) is 17.4. The number of fused-ring (bicyclic) bond motifs is 1. The number of nitrogens with zero attached hydrogens (tertiary/aromatic N) is 3. The Labute approximate surface area is 145 Å². The first-order chi connectivity index (χ1) is 12.1. The van der Waals surface area contributed by atoms with Crippen molar-refractivity contribution in [3.8, 4) is 0 Å². The topological polar surface area (TPSA) is 79.5 Å². The van der Waals surface area contributed by atoms with E-state index in [2.05, 4.69) is 10.1 Å². The zero-order valence-corrected chi connectivity index (χ0v) is 13.9. The van der Waals surface area contributed by atoms with Crippen LogP contribution in [0.4, 0.5) is 0 Å². The van der Waals surface area contributed by atoms with E-state index in [9.17, 15) is 9.90 Å². The second-order valence-electron chi connectivity index (χ2n) is 6.55. The minimum Gasteiger partial charge on any atom is -0.391 e. The van der Waals surface area contributed by atoms with Gasteiger partial charge in [-0.1, -0.05) is 17.3 Å². The van der Waals surface area contributed by atoms with Gasteiger partial charge in [-0.05, 0) is 25.1 Å². The standard InChI is InChI=1S/C19H19N3O3/c1-12-8-14(25-21-12)9-13-10-22(11-18(13)23)19(24)16-4-2-6-17-15(16)5-3-7-20-17/h2-8,13,18,23H,9-11H2,1H3. The highest BCUT2D eigenvalue weighted by Gasteiger charge is 2.35. The van der Waals surface area contributed by atoms with Crippen molar-refractivity contribution in [1.29, 1.82) is 0 Å². The van der Waals surface area contributed by atoms with Crippen LogP contribution in [0.3, 0.4) is 0 Å². The molecule has 1 aliphatic heterocycles. The maximum atomic E-state index is 13.0. The second kappa shape index (κ2) is 6.29. The molecule has 0 bridgehead atoms. The van der Waals surface area contributed by atoms with E-state index in [-0.39, 0.29) is 11.8 Å². The molecule has 3 aromatic rings. The van der Waals surface area contributed by atoms with E-state index in [1.165, 1.54) is 0 Å². The summed E-state index contributed by atoms with van der Waals surface area (Å²) in [7, 11) is 0.